The molecule has 1 amide bonds. The third kappa shape index (κ3) is 4.83. The lowest BCUT2D eigenvalue weighted by Gasteiger charge is -2.38. The van der Waals surface area contributed by atoms with Crippen LogP contribution in [0.15, 0.2) is 48.5 Å². The summed E-state index contributed by atoms with van der Waals surface area (Å²) < 4.78 is 24.6. The van der Waals surface area contributed by atoms with E-state index in [4.69, 9.17) is 14.7 Å². The summed E-state index contributed by atoms with van der Waals surface area (Å²) in [5.41, 5.74) is 1.06. The third-order valence-corrected chi connectivity index (χ3v) is 4.86. The Morgan fingerprint density at radius 2 is 1.96 bits per heavy atom. The van der Waals surface area contributed by atoms with Crippen molar-refractivity contribution in [1.82, 2.24) is 5.32 Å². The number of halogens is 1. The predicted molar refractivity (Wildman–Crippen MR) is 97.8 cm³/mol. The van der Waals surface area contributed by atoms with Gasteiger partial charge in [-0.3, -0.25) is 4.79 Å². The quantitative estimate of drug-likeness (QED) is 0.851. The van der Waals surface area contributed by atoms with Gasteiger partial charge in [-0.05, 0) is 54.8 Å². The molecule has 1 saturated heterocycles. The van der Waals surface area contributed by atoms with E-state index in [0.29, 0.717) is 43.9 Å². The predicted octanol–water partition coefficient (Wildman–Crippen LogP) is 2.94. The molecular weight excluding hydrogens is 347 g/mol. The van der Waals surface area contributed by atoms with E-state index < -0.39 is 0 Å². The minimum atomic E-state index is -0.343. The molecule has 27 heavy (non-hydrogen) atoms. The summed E-state index contributed by atoms with van der Waals surface area (Å²) in [6.45, 7) is 1.43. The zero-order chi connectivity index (χ0) is 19.1. The zero-order valence-electron chi connectivity index (χ0n) is 14.9. The van der Waals surface area contributed by atoms with Crippen LogP contribution >= 0.6 is 0 Å². The summed E-state index contributed by atoms with van der Waals surface area (Å²) in [6.07, 6.45) is 1.43. The summed E-state index contributed by atoms with van der Waals surface area (Å²) in [7, 11) is 0. The normalized spacial score (nSPS) is 15.6. The lowest BCUT2D eigenvalue weighted by Crippen LogP contribution is -2.45. The van der Waals surface area contributed by atoms with Crippen LogP contribution in [0.1, 0.15) is 24.0 Å². The van der Waals surface area contributed by atoms with Crippen molar-refractivity contribution in [3.05, 3.63) is 65.5 Å². The van der Waals surface area contributed by atoms with Crippen LogP contribution in [0.4, 0.5) is 4.39 Å². The van der Waals surface area contributed by atoms with Gasteiger partial charge in [0.1, 0.15) is 11.6 Å². The summed E-state index contributed by atoms with van der Waals surface area (Å²) in [6, 6.07) is 15.1. The van der Waals surface area contributed by atoms with Gasteiger partial charge >= 0.3 is 0 Å². The average Bonchev–Trinajstić information content (AvgIpc) is 2.72. The number of hydrogen-bond donors (Lipinski definition) is 1. The first kappa shape index (κ1) is 18.9. The Morgan fingerprint density at radius 1 is 1.22 bits per heavy atom. The Labute approximate surface area is 157 Å². The van der Waals surface area contributed by atoms with Crippen LogP contribution in [0.5, 0.6) is 5.75 Å². The van der Waals surface area contributed by atoms with E-state index in [-0.39, 0.29) is 23.7 Å². The van der Waals surface area contributed by atoms with Crippen molar-refractivity contribution in [2.24, 2.45) is 0 Å². The molecule has 0 aliphatic carbocycles. The zero-order valence-corrected chi connectivity index (χ0v) is 14.9. The Morgan fingerprint density at radius 3 is 2.63 bits per heavy atom. The average molecular weight is 368 g/mol. The van der Waals surface area contributed by atoms with Gasteiger partial charge in [-0.1, -0.05) is 12.1 Å². The van der Waals surface area contributed by atoms with E-state index in [1.807, 2.05) is 12.1 Å². The first-order valence-corrected chi connectivity index (χ1v) is 8.85. The Bertz CT molecular complexity index is 824. The van der Waals surface area contributed by atoms with E-state index in [1.165, 1.54) is 12.1 Å². The molecule has 1 aliphatic heterocycles. The molecule has 1 heterocycles. The molecule has 2 aromatic rings. The first-order valence-electron chi connectivity index (χ1n) is 8.85. The van der Waals surface area contributed by atoms with Crippen molar-refractivity contribution in [2.75, 3.05) is 26.4 Å². The van der Waals surface area contributed by atoms with Crippen LogP contribution in [0.3, 0.4) is 0 Å². The van der Waals surface area contributed by atoms with Crippen LogP contribution in [0.25, 0.3) is 0 Å². The van der Waals surface area contributed by atoms with E-state index in [2.05, 4.69) is 5.32 Å². The highest BCUT2D eigenvalue weighted by molar-refractivity contribution is 5.77. The number of benzene rings is 2. The molecule has 0 atom stereocenters. The second-order valence-electron chi connectivity index (χ2n) is 6.60. The summed E-state index contributed by atoms with van der Waals surface area (Å²) in [5, 5.41) is 11.7. The molecule has 2 aromatic carbocycles. The standard InChI is InChI=1S/C21H21FN2O3/c22-18-3-1-2-17(12-18)21(8-10-26-11-9-21)15-24-20(25)14-27-19-6-4-16(13-23)5-7-19/h1-7,12H,8-11,14-15H2,(H,24,25). The Kier molecular flexibility index (Phi) is 6.05. The molecule has 1 aliphatic rings. The van der Waals surface area contributed by atoms with E-state index in [1.54, 1.807) is 30.3 Å². The number of carbonyl (C=O) groups is 1. The number of amides is 1. The highest BCUT2D eigenvalue weighted by atomic mass is 19.1. The van der Waals surface area contributed by atoms with Crippen LogP contribution in [-0.4, -0.2) is 32.3 Å². The van der Waals surface area contributed by atoms with Crippen LogP contribution in [0, 0.1) is 17.1 Å². The maximum absolute atomic E-state index is 13.7. The summed E-state index contributed by atoms with van der Waals surface area (Å²) in [4.78, 5) is 12.2. The Balaban J connectivity index is 1.59. The van der Waals surface area contributed by atoms with E-state index in [0.717, 1.165) is 5.56 Å². The molecule has 0 radical (unpaired) electrons. The van der Waals surface area contributed by atoms with Gasteiger partial charge in [0.15, 0.2) is 6.61 Å². The minimum absolute atomic E-state index is 0.123. The van der Waals surface area contributed by atoms with Gasteiger partial charge in [0, 0.05) is 25.2 Å². The van der Waals surface area contributed by atoms with Gasteiger partial charge < -0.3 is 14.8 Å². The number of hydrogen-bond acceptors (Lipinski definition) is 4. The second-order valence-corrected chi connectivity index (χ2v) is 6.60. The monoisotopic (exact) mass is 368 g/mol. The maximum atomic E-state index is 13.7. The highest BCUT2D eigenvalue weighted by Gasteiger charge is 2.35. The third-order valence-electron chi connectivity index (χ3n) is 4.86. The largest absolute Gasteiger partial charge is 0.484 e. The van der Waals surface area contributed by atoms with E-state index in [9.17, 15) is 9.18 Å². The summed E-state index contributed by atoms with van der Waals surface area (Å²) >= 11 is 0. The van der Waals surface area contributed by atoms with Gasteiger partial charge in [0.05, 0.1) is 11.6 Å². The fourth-order valence-electron chi connectivity index (χ4n) is 3.24. The Hall–Kier alpha value is -2.91. The van der Waals surface area contributed by atoms with Crippen molar-refractivity contribution in [1.29, 1.82) is 5.26 Å². The number of ether oxygens (including phenoxy) is 2. The molecular formula is C21H21FN2O3. The van der Waals surface area contributed by atoms with Crippen LogP contribution < -0.4 is 10.1 Å². The SMILES string of the molecule is N#Cc1ccc(OCC(=O)NCC2(c3cccc(F)c3)CCOCC2)cc1. The lowest BCUT2D eigenvalue weighted by molar-refractivity contribution is -0.123. The molecule has 0 spiro atoms. The van der Waals surface area contributed by atoms with Gasteiger partial charge in [-0.15, -0.1) is 0 Å². The molecule has 1 fully saturated rings. The molecule has 5 nitrogen and oxygen atoms in total. The maximum Gasteiger partial charge on any atom is 0.257 e. The first-order chi connectivity index (χ1) is 13.1. The topological polar surface area (TPSA) is 71.3 Å². The fourth-order valence-corrected chi connectivity index (χ4v) is 3.24. The molecule has 140 valence electrons. The highest BCUT2D eigenvalue weighted by Crippen LogP contribution is 2.34. The lowest BCUT2D eigenvalue weighted by atomic mass is 9.74. The van der Waals surface area contributed by atoms with Crippen molar-refractivity contribution in [2.45, 2.75) is 18.3 Å². The second kappa shape index (κ2) is 8.65. The molecule has 0 unspecified atom stereocenters. The van der Waals surface area contributed by atoms with Crippen molar-refractivity contribution in [3.8, 4) is 11.8 Å². The van der Waals surface area contributed by atoms with Crippen molar-refractivity contribution in [3.63, 3.8) is 0 Å². The van der Waals surface area contributed by atoms with Crippen molar-refractivity contribution < 1.29 is 18.7 Å². The number of nitriles is 1. The molecule has 1 N–H and O–H groups in total. The number of nitrogens with zero attached hydrogens (tertiary/aromatic N) is 1. The molecule has 0 bridgehead atoms. The number of rotatable bonds is 6. The molecule has 0 aromatic heterocycles. The van der Waals surface area contributed by atoms with E-state index >= 15 is 0 Å². The number of nitrogens with one attached hydrogen (secondary N) is 1. The molecule has 0 saturated carbocycles. The summed E-state index contributed by atoms with van der Waals surface area (Å²) in [5.74, 6) is -0.00877. The van der Waals surface area contributed by atoms with Gasteiger partial charge in [0.25, 0.3) is 5.91 Å². The fraction of sp³-hybridized carbons (Fsp3) is 0.333. The minimum Gasteiger partial charge on any atom is -0.484 e. The molecule has 3 rings (SSSR count). The van der Waals surface area contributed by atoms with Crippen LogP contribution in [0.2, 0.25) is 0 Å². The van der Waals surface area contributed by atoms with Crippen molar-refractivity contribution >= 4 is 5.91 Å². The van der Waals surface area contributed by atoms with Gasteiger partial charge in [0.2, 0.25) is 0 Å². The smallest absolute Gasteiger partial charge is 0.257 e. The van der Waals surface area contributed by atoms with Gasteiger partial charge in [-0.25, -0.2) is 4.39 Å². The van der Waals surface area contributed by atoms with Gasteiger partial charge in [-0.2, -0.15) is 5.26 Å². The van der Waals surface area contributed by atoms with Crippen LogP contribution in [-0.2, 0) is 14.9 Å². The molecule has 6 heteroatoms. The number of carbonyl (C=O) groups excluding carboxylic acids is 1.